The van der Waals surface area contributed by atoms with Crippen LogP contribution in [-0.2, 0) is 17.7 Å². The lowest BCUT2D eigenvalue weighted by molar-refractivity contribution is 0.0207. The molecule has 1 aromatic heterocycles. The molecule has 4 rings (SSSR count). The van der Waals surface area contributed by atoms with Crippen LogP contribution >= 0.6 is 0 Å². The van der Waals surface area contributed by atoms with Crippen molar-refractivity contribution in [3.63, 3.8) is 0 Å². The first kappa shape index (κ1) is 25.9. The van der Waals surface area contributed by atoms with Crippen molar-refractivity contribution >= 4 is 23.1 Å². The molecule has 0 bridgehead atoms. The number of amides is 1. The number of imidazole rings is 1. The predicted octanol–water partition coefficient (Wildman–Crippen LogP) is 6.51. The molecule has 1 amide bonds. The molecule has 3 aromatic carbocycles. The van der Waals surface area contributed by atoms with Gasteiger partial charge in [0.25, 0.3) is 0 Å². The molecule has 1 heterocycles. The first-order valence-corrected chi connectivity index (χ1v) is 12.5. The van der Waals surface area contributed by atoms with Gasteiger partial charge in [0.05, 0.1) is 11.0 Å². The maximum absolute atomic E-state index is 12.2. The van der Waals surface area contributed by atoms with Crippen LogP contribution in [0.15, 0.2) is 66.7 Å². The summed E-state index contributed by atoms with van der Waals surface area (Å²) < 4.78 is 13.0. The molecule has 0 saturated heterocycles. The third-order valence-electron chi connectivity index (χ3n) is 5.94. The van der Waals surface area contributed by atoms with Crippen LogP contribution in [-0.4, -0.2) is 27.2 Å². The molecule has 7 nitrogen and oxygen atoms in total. The number of benzene rings is 3. The number of carbonyl (C=O) groups excluding carboxylic acids is 2. The molecular weight excluding hydrogens is 466 g/mol. The highest BCUT2D eigenvalue weighted by atomic mass is 16.7. The molecule has 2 N–H and O–H groups in total. The van der Waals surface area contributed by atoms with E-state index in [0.29, 0.717) is 17.9 Å². The molecule has 0 unspecified atom stereocenters. The monoisotopic (exact) mass is 499 g/mol. The Bertz CT molecular complexity index is 1420. The van der Waals surface area contributed by atoms with Crippen LogP contribution in [0, 0.1) is 0 Å². The number of para-hydroxylation sites is 1. The van der Waals surface area contributed by atoms with Gasteiger partial charge in [0.2, 0.25) is 5.91 Å². The summed E-state index contributed by atoms with van der Waals surface area (Å²) in [5.41, 5.74) is 9.86. The third kappa shape index (κ3) is 6.36. The molecule has 192 valence electrons. The molecule has 0 aliphatic carbocycles. The van der Waals surface area contributed by atoms with Crippen molar-refractivity contribution < 1.29 is 19.1 Å². The van der Waals surface area contributed by atoms with Crippen LogP contribution in [0.4, 0.5) is 4.79 Å². The van der Waals surface area contributed by atoms with Crippen LogP contribution < -0.4 is 10.5 Å². The lowest BCUT2D eigenvalue weighted by atomic mass is 10.0. The Kier molecular flexibility index (Phi) is 7.62. The van der Waals surface area contributed by atoms with Crippen LogP contribution in [0.25, 0.3) is 22.2 Å². The van der Waals surface area contributed by atoms with E-state index in [2.05, 4.69) is 23.6 Å². The van der Waals surface area contributed by atoms with E-state index in [0.717, 1.165) is 52.8 Å². The second-order valence-corrected chi connectivity index (χ2v) is 10.0. The molecule has 0 saturated carbocycles. The van der Waals surface area contributed by atoms with Gasteiger partial charge in [-0.3, -0.25) is 4.79 Å². The Hall–Kier alpha value is -4.13. The van der Waals surface area contributed by atoms with E-state index < -0.39 is 17.7 Å². The number of ether oxygens (including phenoxy) is 2. The van der Waals surface area contributed by atoms with E-state index in [1.54, 1.807) is 39.0 Å². The fourth-order valence-corrected chi connectivity index (χ4v) is 4.16. The molecule has 0 radical (unpaired) electrons. The summed E-state index contributed by atoms with van der Waals surface area (Å²) in [5.74, 6) is 0.967. The minimum absolute atomic E-state index is 0.442. The first-order chi connectivity index (χ1) is 17.6. The number of unbranched alkanes of at least 4 members (excludes halogenated alkanes) is 1. The zero-order valence-electron chi connectivity index (χ0n) is 21.8. The van der Waals surface area contributed by atoms with Crippen LogP contribution in [0.1, 0.15) is 62.3 Å². The molecule has 7 heteroatoms. The summed E-state index contributed by atoms with van der Waals surface area (Å²) in [6, 6.07) is 21.0. The van der Waals surface area contributed by atoms with E-state index in [-0.39, 0.29) is 0 Å². The van der Waals surface area contributed by atoms with Gasteiger partial charge in [-0.05, 0) is 62.6 Å². The summed E-state index contributed by atoms with van der Waals surface area (Å²) in [7, 11) is 0. The lowest BCUT2D eigenvalue weighted by Gasteiger charge is -2.19. The smallest absolute Gasteiger partial charge is 0.428 e. The number of aryl methyl sites for hydroxylation is 1. The second-order valence-electron chi connectivity index (χ2n) is 10.0. The van der Waals surface area contributed by atoms with Crippen molar-refractivity contribution in [3.8, 4) is 16.9 Å². The van der Waals surface area contributed by atoms with Crippen molar-refractivity contribution in [3.05, 3.63) is 83.7 Å². The van der Waals surface area contributed by atoms with Gasteiger partial charge in [-0.2, -0.15) is 0 Å². The maximum atomic E-state index is 12.2. The Morgan fingerprint density at radius 1 is 1.00 bits per heavy atom. The van der Waals surface area contributed by atoms with Gasteiger partial charge < -0.3 is 19.8 Å². The minimum atomic E-state index is -0.734. The SMILES string of the molecule is CCCCc1nc2cc(C(N)=O)ccc2n1Cc1ccc(-c2ccccc2OC(=O)OC(C)(C)C)cc1. The van der Waals surface area contributed by atoms with Crippen LogP contribution in [0.2, 0.25) is 0 Å². The van der Waals surface area contributed by atoms with Crippen molar-refractivity contribution in [1.29, 1.82) is 0 Å². The number of nitrogens with zero attached hydrogens (tertiary/aromatic N) is 2. The van der Waals surface area contributed by atoms with E-state index in [4.69, 9.17) is 20.2 Å². The van der Waals surface area contributed by atoms with Gasteiger partial charge in [-0.15, -0.1) is 0 Å². The van der Waals surface area contributed by atoms with E-state index >= 15 is 0 Å². The van der Waals surface area contributed by atoms with Crippen LogP contribution in [0.3, 0.4) is 0 Å². The fraction of sp³-hybridized carbons (Fsp3) is 0.300. The summed E-state index contributed by atoms with van der Waals surface area (Å²) in [6.07, 6.45) is 2.21. The van der Waals surface area contributed by atoms with Gasteiger partial charge in [0.15, 0.2) is 0 Å². The molecule has 37 heavy (non-hydrogen) atoms. The first-order valence-electron chi connectivity index (χ1n) is 12.5. The van der Waals surface area contributed by atoms with Gasteiger partial charge in [0.1, 0.15) is 17.2 Å². The number of primary amides is 1. The molecular formula is C30H33N3O4. The fourth-order valence-electron chi connectivity index (χ4n) is 4.16. The van der Waals surface area contributed by atoms with Gasteiger partial charge in [-0.25, -0.2) is 9.78 Å². The third-order valence-corrected chi connectivity index (χ3v) is 5.94. The molecule has 0 aliphatic heterocycles. The van der Waals surface area contributed by atoms with Gasteiger partial charge in [0, 0.05) is 24.1 Å². The summed E-state index contributed by atoms with van der Waals surface area (Å²) >= 11 is 0. The lowest BCUT2D eigenvalue weighted by Crippen LogP contribution is -2.26. The zero-order valence-corrected chi connectivity index (χ0v) is 21.8. The van der Waals surface area contributed by atoms with Gasteiger partial charge in [-0.1, -0.05) is 55.8 Å². The molecule has 0 atom stereocenters. The van der Waals surface area contributed by atoms with Crippen LogP contribution in [0.5, 0.6) is 5.75 Å². The Balaban J connectivity index is 1.60. The van der Waals surface area contributed by atoms with E-state index in [9.17, 15) is 9.59 Å². The van der Waals surface area contributed by atoms with Crippen molar-refractivity contribution in [2.24, 2.45) is 5.73 Å². The highest BCUT2D eigenvalue weighted by Crippen LogP contribution is 2.31. The number of rotatable bonds is 8. The number of fused-ring (bicyclic) bond motifs is 1. The standard InChI is InChI=1S/C30H33N3O4/c1-5-6-11-27-32-24-18-22(28(31)34)16-17-25(24)33(27)19-20-12-14-21(15-13-20)23-9-7-8-10-26(23)36-29(35)37-30(2,3)4/h7-10,12-18H,5-6,11,19H2,1-4H3,(H2,31,34). The average molecular weight is 500 g/mol. The number of nitrogens with two attached hydrogens (primary N) is 1. The summed E-state index contributed by atoms with van der Waals surface area (Å²) in [6.45, 7) is 8.19. The topological polar surface area (TPSA) is 96.4 Å². The van der Waals surface area contributed by atoms with Crippen molar-refractivity contribution in [1.82, 2.24) is 9.55 Å². The normalized spacial score (nSPS) is 11.5. The quantitative estimate of drug-likeness (QED) is 0.220. The van der Waals surface area contributed by atoms with Crippen molar-refractivity contribution in [2.45, 2.75) is 59.1 Å². The largest absolute Gasteiger partial charge is 0.514 e. The Labute approximate surface area is 217 Å². The predicted molar refractivity (Wildman–Crippen MR) is 145 cm³/mol. The minimum Gasteiger partial charge on any atom is -0.428 e. The maximum Gasteiger partial charge on any atom is 0.514 e. The molecule has 0 fully saturated rings. The Morgan fingerprint density at radius 2 is 1.73 bits per heavy atom. The Morgan fingerprint density at radius 3 is 2.41 bits per heavy atom. The highest BCUT2D eigenvalue weighted by Gasteiger charge is 2.19. The number of hydrogen-bond donors (Lipinski definition) is 1. The van der Waals surface area contributed by atoms with Gasteiger partial charge >= 0.3 is 6.16 Å². The highest BCUT2D eigenvalue weighted by molar-refractivity contribution is 5.96. The second kappa shape index (κ2) is 10.9. The summed E-state index contributed by atoms with van der Waals surface area (Å²) in [5, 5.41) is 0. The number of carbonyl (C=O) groups is 2. The number of aromatic nitrogens is 2. The average Bonchev–Trinajstić information content (AvgIpc) is 3.18. The molecule has 0 spiro atoms. The molecule has 0 aliphatic rings. The summed E-state index contributed by atoms with van der Waals surface area (Å²) in [4.78, 5) is 28.7. The van der Waals surface area contributed by atoms with E-state index in [1.807, 2.05) is 36.4 Å². The number of hydrogen-bond acceptors (Lipinski definition) is 5. The van der Waals surface area contributed by atoms with E-state index in [1.165, 1.54) is 0 Å². The zero-order chi connectivity index (χ0) is 26.6. The molecule has 4 aromatic rings. The van der Waals surface area contributed by atoms with Crippen molar-refractivity contribution in [2.75, 3.05) is 0 Å².